The largest absolute Gasteiger partial charge is 0.467 e. The van der Waals surface area contributed by atoms with Crippen LogP contribution < -0.4 is 10.6 Å². The molecule has 9 nitrogen and oxygen atoms in total. The maximum absolute atomic E-state index is 13.1. The van der Waals surface area contributed by atoms with Crippen LogP contribution in [0.4, 0.5) is 10.6 Å². The summed E-state index contributed by atoms with van der Waals surface area (Å²) in [7, 11) is 0. The molecule has 184 valence electrons. The Morgan fingerprint density at radius 2 is 2.06 bits per heavy atom. The molecule has 1 aliphatic heterocycles. The van der Waals surface area contributed by atoms with Crippen LogP contribution in [-0.2, 0) is 16.1 Å². The molecule has 1 unspecified atom stereocenters. The number of hydrogen-bond acceptors (Lipinski definition) is 6. The van der Waals surface area contributed by atoms with E-state index >= 15 is 0 Å². The summed E-state index contributed by atoms with van der Waals surface area (Å²) in [6.07, 6.45) is 4.07. The number of aromatic nitrogens is 1. The third-order valence-electron chi connectivity index (χ3n) is 6.07. The van der Waals surface area contributed by atoms with E-state index in [2.05, 4.69) is 21.6 Å². The first-order chi connectivity index (χ1) is 16.1. The fourth-order valence-corrected chi connectivity index (χ4v) is 4.26. The van der Waals surface area contributed by atoms with E-state index in [9.17, 15) is 14.9 Å². The molecule has 0 spiro atoms. The van der Waals surface area contributed by atoms with Gasteiger partial charge in [-0.05, 0) is 71.7 Å². The van der Waals surface area contributed by atoms with Gasteiger partial charge in [-0.1, -0.05) is 6.42 Å². The highest BCUT2D eigenvalue weighted by Crippen LogP contribution is 2.27. The van der Waals surface area contributed by atoms with Gasteiger partial charge in [-0.3, -0.25) is 9.69 Å². The molecule has 9 heteroatoms. The van der Waals surface area contributed by atoms with Gasteiger partial charge in [0.05, 0.1) is 24.9 Å². The number of nitrogens with zero attached hydrogens (tertiary/aromatic N) is 3. The zero-order valence-corrected chi connectivity index (χ0v) is 20.7. The second-order valence-corrected chi connectivity index (χ2v) is 9.76. The third kappa shape index (κ3) is 6.41. The lowest BCUT2D eigenvalue weighted by Gasteiger charge is -2.35. The van der Waals surface area contributed by atoms with Crippen molar-refractivity contribution < 1.29 is 18.7 Å². The number of alkyl carbamates (subject to hydrolysis) is 1. The van der Waals surface area contributed by atoms with Crippen LogP contribution in [0, 0.1) is 25.2 Å². The maximum Gasteiger partial charge on any atom is 0.407 e. The van der Waals surface area contributed by atoms with Gasteiger partial charge in [0.2, 0.25) is 5.91 Å². The minimum Gasteiger partial charge on any atom is -0.467 e. The zero-order valence-electron chi connectivity index (χ0n) is 20.7. The summed E-state index contributed by atoms with van der Waals surface area (Å²) in [4.78, 5) is 27.2. The van der Waals surface area contributed by atoms with Gasteiger partial charge >= 0.3 is 6.09 Å². The number of rotatable bonds is 7. The molecule has 2 amide bonds. The average Bonchev–Trinajstić information content (AvgIpc) is 3.35. The van der Waals surface area contributed by atoms with Gasteiger partial charge in [0.25, 0.3) is 0 Å². The molecule has 0 aliphatic carbocycles. The van der Waals surface area contributed by atoms with Gasteiger partial charge in [-0.15, -0.1) is 0 Å². The molecule has 1 saturated heterocycles. The van der Waals surface area contributed by atoms with E-state index in [4.69, 9.17) is 9.15 Å². The molecule has 1 fully saturated rings. The molecule has 0 saturated carbocycles. The molecular weight excluding hydrogens is 434 g/mol. The van der Waals surface area contributed by atoms with Crippen LogP contribution >= 0.6 is 0 Å². The molecular formula is C25H35N5O4. The summed E-state index contributed by atoms with van der Waals surface area (Å²) in [5, 5.41) is 15.5. The highest BCUT2D eigenvalue weighted by atomic mass is 16.6. The third-order valence-corrected chi connectivity index (χ3v) is 6.07. The predicted molar refractivity (Wildman–Crippen MR) is 129 cm³/mol. The Morgan fingerprint density at radius 1 is 1.29 bits per heavy atom. The topological polar surface area (TPSA) is 113 Å². The van der Waals surface area contributed by atoms with Crippen LogP contribution in [0.3, 0.4) is 0 Å². The molecule has 3 heterocycles. The molecule has 1 aliphatic rings. The molecule has 0 bridgehead atoms. The summed E-state index contributed by atoms with van der Waals surface area (Å²) in [6.45, 7) is 11.1. The number of nitriles is 1. The van der Waals surface area contributed by atoms with Crippen molar-refractivity contribution in [3.8, 4) is 6.07 Å². The summed E-state index contributed by atoms with van der Waals surface area (Å²) >= 11 is 0. The standard InChI is InChI=1S/C25H35N5O4/c1-17-18(2)30(15-20-10-8-12-33-20)23(21(17)13-26)28-22(31)16-29-11-7-6-9-19(29)14-27-24(32)34-25(3,4)5/h8,10,12,19H,6-7,9,11,14-16H2,1-5H3,(H,27,32)(H,28,31). The van der Waals surface area contributed by atoms with Crippen molar-refractivity contribution in [1.82, 2.24) is 14.8 Å². The number of likely N-dealkylation sites (tertiary alicyclic amines) is 1. The monoisotopic (exact) mass is 469 g/mol. The van der Waals surface area contributed by atoms with Gasteiger partial charge < -0.3 is 24.4 Å². The van der Waals surface area contributed by atoms with Gasteiger partial charge in [0, 0.05) is 18.3 Å². The number of ether oxygens (including phenoxy) is 1. The van der Waals surface area contributed by atoms with Crippen LogP contribution in [0.15, 0.2) is 22.8 Å². The van der Waals surface area contributed by atoms with Crippen molar-refractivity contribution >= 4 is 17.8 Å². The van der Waals surface area contributed by atoms with E-state index in [1.165, 1.54) is 0 Å². The number of carbonyl (C=O) groups excluding carboxylic acids is 2. The van der Waals surface area contributed by atoms with Crippen molar-refractivity contribution in [3.05, 3.63) is 41.0 Å². The number of anilines is 1. The highest BCUT2D eigenvalue weighted by molar-refractivity contribution is 5.93. The molecule has 2 N–H and O–H groups in total. The number of furan rings is 1. The van der Waals surface area contributed by atoms with Crippen LogP contribution in [0.2, 0.25) is 0 Å². The van der Waals surface area contributed by atoms with Crippen LogP contribution in [-0.4, -0.2) is 52.7 Å². The Hall–Kier alpha value is -3.25. The van der Waals surface area contributed by atoms with E-state index in [-0.39, 0.29) is 18.5 Å². The van der Waals surface area contributed by atoms with Crippen LogP contribution in [0.25, 0.3) is 0 Å². The summed E-state index contributed by atoms with van der Waals surface area (Å²) < 4.78 is 12.7. The second kappa shape index (κ2) is 10.8. The number of amides is 2. The van der Waals surface area contributed by atoms with Gasteiger partial charge in [0.1, 0.15) is 23.2 Å². The van der Waals surface area contributed by atoms with E-state index in [0.717, 1.165) is 42.8 Å². The SMILES string of the molecule is Cc1c(C#N)c(NC(=O)CN2CCCCC2CNC(=O)OC(C)(C)C)n(Cc2ccco2)c1C. The van der Waals surface area contributed by atoms with Gasteiger partial charge in [-0.25, -0.2) is 4.79 Å². The number of piperidine rings is 1. The molecule has 0 aromatic carbocycles. The number of carbonyl (C=O) groups is 2. The summed E-state index contributed by atoms with van der Waals surface area (Å²) in [6, 6.07) is 5.95. The lowest BCUT2D eigenvalue weighted by Crippen LogP contribution is -2.49. The Balaban J connectivity index is 1.68. The lowest BCUT2D eigenvalue weighted by atomic mass is 10.0. The molecule has 1 atom stereocenters. The zero-order chi connectivity index (χ0) is 24.9. The molecule has 0 radical (unpaired) electrons. The van der Waals surface area contributed by atoms with Gasteiger partial charge in [0.15, 0.2) is 0 Å². The predicted octanol–water partition coefficient (Wildman–Crippen LogP) is 3.94. The first-order valence-electron chi connectivity index (χ1n) is 11.7. The smallest absolute Gasteiger partial charge is 0.407 e. The van der Waals surface area contributed by atoms with Crippen LogP contribution in [0.1, 0.15) is 62.6 Å². The van der Waals surface area contributed by atoms with Crippen molar-refractivity contribution in [2.24, 2.45) is 0 Å². The van der Waals surface area contributed by atoms with E-state index in [1.807, 2.05) is 51.3 Å². The molecule has 2 aromatic heterocycles. The van der Waals surface area contributed by atoms with Crippen molar-refractivity contribution in [2.75, 3.05) is 25.0 Å². The van der Waals surface area contributed by atoms with Crippen molar-refractivity contribution in [2.45, 2.75) is 72.1 Å². The van der Waals surface area contributed by atoms with Crippen molar-refractivity contribution in [3.63, 3.8) is 0 Å². The lowest BCUT2D eigenvalue weighted by molar-refractivity contribution is -0.118. The molecule has 2 aromatic rings. The quantitative estimate of drug-likeness (QED) is 0.635. The normalized spacial score (nSPS) is 16.6. The minimum absolute atomic E-state index is 0.0424. The Morgan fingerprint density at radius 3 is 2.71 bits per heavy atom. The van der Waals surface area contributed by atoms with Gasteiger partial charge in [-0.2, -0.15) is 5.26 Å². The van der Waals surface area contributed by atoms with E-state index < -0.39 is 11.7 Å². The maximum atomic E-state index is 13.1. The Bertz CT molecular complexity index is 1040. The average molecular weight is 470 g/mol. The highest BCUT2D eigenvalue weighted by Gasteiger charge is 2.27. The number of nitrogens with one attached hydrogen (secondary N) is 2. The first kappa shape index (κ1) is 25.4. The van der Waals surface area contributed by atoms with Crippen molar-refractivity contribution in [1.29, 1.82) is 5.26 Å². The summed E-state index contributed by atoms with van der Waals surface area (Å²) in [5.41, 5.74) is 1.64. The van der Waals surface area contributed by atoms with E-state index in [1.54, 1.807) is 6.26 Å². The van der Waals surface area contributed by atoms with Crippen LogP contribution in [0.5, 0.6) is 0 Å². The Kier molecular flexibility index (Phi) is 8.05. The molecule has 3 rings (SSSR count). The number of hydrogen-bond donors (Lipinski definition) is 2. The fourth-order valence-electron chi connectivity index (χ4n) is 4.26. The molecule has 34 heavy (non-hydrogen) atoms. The second-order valence-electron chi connectivity index (χ2n) is 9.76. The first-order valence-corrected chi connectivity index (χ1v) is 11.7. The summed E-state index contributed by atoms with van der Waals surface area (Å²) in [5.74, 6) is 1.03. The fraction of sp³-hybridized carbons (Fsp3) is 0.560. The van der Waals surface area contributed by atoms with E-state index in [0.29, 0.717) is 24.5 Å². The minimum atomic E-state index is -0.560. The Labute approximate surface area is 201 Å².